The first-order valence-electron chi connectivity index (χ1n) is 4.36. The number of rotatable bonds is 0. The van der Waals surface area contributed by atoms with Crippen LogP contribution < -0.4 is 5.56 Å². The smallest absolute Gasteiger partial charge is 0.281 e. The summed E-state index contributed by atoms with van der Waals surface area (Å²) in [6.07, 6.45) is 1.63. The van der Waals surface area contributed by atoms with E-state index in [4.69, 9.17) is 0 Å². The van der Waals surface area contributed by atoms with Crippen molar-refractivity contribution in [3.05, 3.63) is 40.4 Å². The minimum atomic E-state index is -0.180. The van der Waals surface area contributed by atoms with Gasteiger partial charge in [-0.15, -0.1) is 0 Å². The van der Waals surface area contributed by atoms with Crippen LogP contribution in [0.2, 0.25) is 0 Å². The number of benzene rings is 1. The maximum absolute atomic E-state index is 11.6. The van der Waals surface area contributed by atoms with E-state index in [0.717, 1.165) is 5.52 Å². The lowest BCUT2D eigenvalue weighted by Crippen LogP contribution is -2.15. The minimum Gasteiger partial charge on any atom is -0.304 e. The zero-order chi connectivity index (χ0) is 9.54. The van der Waals surface area contributed by atoms with Gasteiger partial charge in [-0.05, 0) is 12.1 Å². The number of hydrogen-bond donors (Lipinski definition) is 0. The van der Waals surface area contributed by atoms with Gasteiger partial charge in [0.25, 0.3) is 5.56 Å². The predicted octanol–water partition coefficient (Wildman–Crippen LogP) is 0.787. The lowest BCUT2D eigenvalue weighted by Gasteiger charge is -2.05. The summed E-state index contributed by atoms with van der Waals surface area (Å²) in [6.45, 7) is 0.559. The van der Waals surface area contributed by atoms with Crippen molar-refractivity contribution in [1.29, 1.82) is 0 Å². The molecule has 1 aliphatic heterocycles. The highest BCUT2D eigenvalue weighted by Gasteiger charge is 2.11. The van der Waals surface area contributed by atoms with Gasteiger partial charge in [-0.25, -0.2) is 0 Å². The Labute approximate surface area is 79.5 Å². The number of aromatic nitrogens is 2. The van der Waals surface area contributed by atoms with Gasteiger partial charge in [-0.2, -0.15) is 4.98 Å². The van der Waals surface area contributed by atoms with E-state index in [1.54, 1.807) is 12.3 Å². The fourth-order valence-electron chi connectivity index (χ4n) is 1.69. The Morgan fingerprint density at radius 3 is 3.07 bits per heavy atom. The summed E-state index contributed by atoms with van der Waals surface area (Å²) in [6, 6.07) is 7.45. The van der Waals surface area contributed by atoms with Crippen LogP contribution in [0.25, 0.3) is 10.9 Å². The average Bonchev–Trinajstić information content (AvgIpc) is 2.66. The number of para-hydroxylation sites is 1. The normalized spacial score (nSPS) is 13.4. The molecular weight excluding hydrogens is 178 g/mol. The lowest BCUT2D eigenvalue weighted by atomic mass is 10.2. The van der Waals surface area contributed by atoms with Crippen molar-refractivity contribution in [3.63, 3.8) is 0 Å². The van der Waals surface area contributed by atoms with Crippen LogP contribution in [0.1, 0.15) is 5.82 Å². The van der Waals surface area contributed by atoms with E-state index in [9.17, 15) is 4.79 Å². The molecule has 1 aliphatic rings. The Kier molecular flexibility index (Phi) is 1.33. The van der Waals surface area contributed by atoms with Gasteiger partial charge in [0.1, 0.15) is 6.67 Å². The Hall–Kier alpha value is -1.97. The monoisotopic (exact) mass is 185 g/mol. The molecular formula is C10H7N3O. The van der Waals surface area contributed by atoms with Crippen molar-refractivity contribution >= 4 is 17.1 Å². The maximum Gasteiger partial charge on any atom is 0.281 e. The molecule has 1 aromatic carbocycles. The number of fused-ring (bicyclic) bond motifs is 3. The molecule has 2 heterocycles. The Balaban J connectivity index is 2.57. The number of nitrogens with zero attached hydrogens (tertiary/aromatic N) is 3. The van der Waals surface area contributed by atoms with E-state index < -0.39 is 0 Å². The van der Waals surface area contributed by atoms with Gasteiger partial charge in [-0.3, -0.25) is 9.79 Å². The van der Waals surface area contributed by atoms with Crippen molar-refractivity contribution in [2.45, 2.75) is 6.67 Å². The van der Waals surface area contributed by atoms with Gasteiger partial charge >= 0.3 is 0 Å². The third-order valence-electron chi connectivity index (χ3n) is 2.35. The van der Waals surface area contributed by atoms with Gasteiger partial charge in [0, 0.05) is 0 Å². The molecule has 0 amide bonds. The standard InChI is InChI=1S/C10H7N3O/c14-10-7-3-1-2-4-8(7)13-6-11-5-9(13)12-10/h1-5H,6H2. The predicted molar refractivity (Wildman–Crippen MR) is 53.6 cm³/mol. The van der Waals surface area contributed by atoms with Crippen LogP contribution in [0.5, 0.6) is 0 Å². The highest BCUT2D eigenvalue weighted by Crippen LogP contribution is 2.12. The molecule has 0 fully saturated rings. The molecule has 0 saturated carbocycles. The van der Waals surface area contributed by atoms with Crippen LogP contribution in [0.4, 0.5) is 0 Å². The second kappa shape index (κ2) is 2.51. The molecule has 0 bridgehead atoms. The van der Waals surface area contributed by atoms with Crippen LogP contribution in [0, 0.1) is 0 Å². The minimum absolute atomic E-state index is 0.180. The first-order chi connectivity index (χ1) is 6.86. The van der Waals surface area contributed by atoms with Crippen LogP contribution in [-0.2, 0) is 6.67 Å². The van der Waals surface area contributed by atoms with E-state index in [1.165, 1.54) is 0 Å². The van der Waals surface area contributed by atoms with Crippen molar-refractivity contribution in [2.24, 2.45) is 4.99 Å². The lowest BCUT2D eigenvalue weighted by molar-refractivity contribution is 0.767. The summed E-state index contributed by atoms with van der Waals surface area (Å²) >= 11 is 0. The van der Waals surface area contributed by atoms with Crippen molar-refractivity contribution in [1.82, 2.24) is 9.55 Å². The Morgan fingerprint density at radius 2 is 2.14 bits per heavy atom. The molecule has 2 aromatic rings. The van der Waals surface area contributed by atoms with Gasteiger partial charge in [0.2, 0.25) is 0 Å². The van der Waals surface area contributed by atoms with Gasteiger partial charge in [0.05, 0.1) is 17.1 Å². The molecule has 14 heavy (non-hydrogen) atoms. The largest absolute Gasteiger partial charge is 0.304 e. The fraction of sp³-hybridized carbons (Fsp3) is 0.100. The third kappa shape index (κ3) is 0.849. The van der Waals surface area contributed by atoms with E-state index in [0.29, 0.717) is 17.9 Å². The first-order valence-corrected chi connectivity index (χ1v) is 4.36. The molecule has 0 N–H and O–H groups in total. The molecule has 0 unspecified atom stereocenters. The Morgan fingerprint density at radius 1 is 1.29 bits per heavy atom. The Bertz CT molecular complexity index is 598. The van der Waals surface area contributed by atoms with Crippen LogP contribution in [0.15, 0.2) is 34.1 Å². The summed E-state index contributed by atoms with van der Waals surface area (Å²) in [5.41, 5.74) is 0.722. The quantitative estimate of drug-likeness (QED) is 0.609. The third-order valence-corrected chi connectivity index (χ3v) is 2.35. The van der Waals surface area contributed by atoms with Crippen molar-refractivity contribution in [3.8, 4) is 0 Å². The highest BCUT2D eigenvalue weighted by atomic mass is 16.1. The summed E-state index contributed by atoms with van der Waals surface area (Å²) in [5, 5.41) is 0.654. The van der Waals surface area contributed by atoms with Gasteiger partial charge in [0.15, 0.2) is 5.82 Å². The van der Waals surface area contributed by atoms with E-state index in [-0.39, 0.29) is 5.56 Å². The van der Waals surface area contributed by atoms with Crippen molar-refractivity contribution in [2.75, 3.05) is 0 Å². The molecule has 0 radical (unpaired) electrons. The summed E-state index contributed by atoms with van der Waals surface area (Å²) in [7, 11) is 0. The number of aliphatic imine (C=N–C) groups is 1. The molecule has 0 spiro atoms. The highest BCUT2D eigenvalue weighted by molar-refractivity contribution is 5.84. The second-order valence-electron chi connectivity index (χ2n) is 3.17. The van der Waals surface area contributed by atoms with E-state index in [1.807, 2.05) is 22.8 Å². The van der Waals surface area contributed by atoms with Gasteiger partial charge < -0.3 is 4.57 Å². The fourth-order valence-corrected chi connectivity index (χ4v) is 1.69. The van der Waals surface area contributed by atoms with Crippen LogP contribution >= 0.6 is 0 Å². The van der Waals surface area contributed by atoms with Crippen LogP contribution in [-0.4, -0.2) is 15.8 Å². The van der Waals surface area contributed by atoms with E-state index in [2.05, 4.69) is 9.98 Å². The molecule has 4 nitrogen and oxygen atoms in total. The zero-order valence-corrected chi connectivity index (χ0v) is 7.34. The molecule has 4 heteroatoms. The van der Waals surface area contributed by atoms with Crippen molar-refractivity contribution < 1.29 is 0 Å². The summed E-state index contributed by atoms with van der Waals surface area (Å²) < 4.78 is 1.93. The maximum atomic E-state index is 11.6. The number of hydrogen-bond acceptors (Lipinski definition) is 3. The second-order valence-corrected chi connectivity index (χ2v) is 3.17. The molecule has 1 aromatic heterocycles. The summed E-state index contributed by atoms with van der Waals surface area (Å²) in [5.74, 6) is 0.647. The van der Waals surface area contributed by atoms with Crippen LogP contribution in [0.3, 0.4) is 0 Å². The van der Waals surface area contributed by atoms with Gasteiger partial charge in [-0.1, -0.05) is 12.1 Å². The molecule has 3 rings (SSSR count). The first kappa shape index (κ1) is 7.44. The average molecular weight is 185 g/mol. The molecule has 0 aliphatic carbocycles. The topological polar surface area (TPSA) is 47.2 Å². The van der Waals surface area contributed by atoms with E-state index >= 15 is 0 Å². The zero-order valence-electron chi connectivity index (χ0n) is 7.34. The SMILES string of the molecule is O=c1nc2n(c3ccccc13)CN=C2. The molecule has 0 atom stereocenters. The molecule has 68 valence electrons. The molecule has 0 saturated heterocycles. The summed E-state index contributed by atoms with van der Waals surface area (Å²) in [4.78, 5) is 19.6.